The summed E-state index contributed by atoms with van der Waals surface area (Å²) >= 11 is 0. The second-order valence-electron chi connectivity index (χ2n) is 11.4. The summed E-state index contributed by atoms with van der Waals surface area (Å²) in [5.74, 6) is 0. The highest BCUT2D eigenvalue weighted by Gasteiger charge is 2.19. The van der Waals surface area contributed by atoms with Gasteiger partial charge in [0.2, 0.25) is 0 Å². The van der Waals surface area contributed by atoms with Crippen molar-refractivity contribution in [3.63, 3.8) is 0 Å². The fraction of sp³-hybridized carbons (Fsp3) is 0. The molecule has 0 radical (unpaired) electrons. The molecule has 1 heterocycles. The van der Waals surface area contributed by atoms with Crippen molar-refractivity contribution >= 4 is 75.8 Å². The number of furan rings is 1. The summed E-state index contributed by atoms with van der Waals surface area (Å²) in [5, 5.41) is 8.29. The van der Waals surface area contributed by atoms with Crippen molar-refractivity contribution in [1.82, 2.24) is 0 Å². The molecule has 45 heavy (non-hydrogen) atoms. The zero-order valence-corrected chi connectivity index (χ0v) is 23.8. The van der Waals surface area contributed by atoms with E-state index in [0.717, 1.165) is 43.1 Å². The highest BCUT2D eigenvalue weighted by molar-refractivity contribution is 6.25. The third-order valence-corrected chi connectivity index (χ3v) is 9.06. The van der Waals surface area contributed by atoms with Crippen molar-refractivity contribution in [3.05, 3.63) is 158 Å². The summed E-state index contributed by atoms with van der Waals surface area (Å²) in [6.07, 6.45) is 0. The molecule has 0 amide bonds. The van der Waals surface area contributed by atoms with Crippen LogP contribution in [-0.2, 0) is 0 Å². The molecule has 0 aliphatic carbocycles. The molecule has 1 aromatic heterocycles. The van der Waals surface area contributed by atoms with Crippen molar-refractivity contribution in [2.75, 3.05) is 0 Å². The Hall–Kier alpha value is -5.92. The van der Waals surface area contributed by atoms with Crippen LogP contribution in [0.25, 0.3) is 98.1 Å². The second-order valence-corrected chi connectivity index (χ2v) is 11.4. The normalized spacial score (nSPS) is 14.5. The van der Waals surface area contributed by atoms with Crippen molar-refractivity contribution in [2.24, 2.45) is 0 Å². The van der Waals surface area contributed by atoms with Crippen molar-refractivity contribution < 1.29 is 15.4 Å². The second kappa shape index (κ2) is 9.29. The van der Waals surface area contributed by atoms with Gasteiger partial charge < -0.3 is 4.42 Å². The molecule has 0 aliphatic heterocycles. The predicted molar refractivity (Wildman–Crippen MR) is 192 cm³/mol. The zero-order valence-electron chi connectivity index (χ0n) is 31.8. The van der Waals surface area contributed by atoms with E-state index in [-0.39, 0.29) is 51.3 Å². The maximum absolute atomic E-state index is 9.38. The van der Waals surface area contributed by atoms with Crippen LogP contribution in [0.5, 0.6) is 0 Å². The van der Waals surface area contributed by atoms with Crippen LogP contribution in [0.1, 0.15) is 11.0 Å². The number of benzene rings is 9. The third kappa shape index (κ3) is 3.56. The standard InChI is InChI=1S/C44H26O/c1-2-12-29-25-42-40(24-28(29)11-1)34-23-21-30(26-41(34)45-42)43-36-14-5-7-16-38(36)44(39-17-8-6-15-37(39)43)35-19-9-18-32-31-13-4-3-10-27(31)20-22-33(32)35/h1-26H/i5D,6D,7D,8D,14D,15D,16D,17D. The van der Waals surface area contributed by atoms with Crippen LogP contribution in [0.2, 0.25) is 0 Å². The minimum atomic E-state index is -0.435. The smallest absolute Gasteiger partial charge is 0.136 e. The molecule has 208 valence electrons. The summed E-state index contributed by atoms with van der Waals surface area (Å²) in [6, 6.07) is 32.4. The lowest BCUT2D eigenvalue weighted by molar-refractivity contribution is 0.669. The minimum Gasteiger partial charge on any atom is -0.456 e. The number of rotatable bonds is 2. The monoisotopic (exact) mass is 578 g/mol. The molecule has 1 nitrogen and oxygen atoms in total. The van der Waals surface area contributed by atoms with Gasteiger partial charge in [0.1, 0.15) is 11.2 Å². The Bertz CT molecular complexity index is 3190. The summed E-state index contributed by atoms with van der Waals surface area (Å²) in [7, 11) is 0. The van der Waals surface area contributed by atoms with E-state index in [1.54, 1.807) is 6.07 Å². The van der Waals surface area contributed by atoms with Gasteiger partial charge in [-0.15, -0.1) is 0 Å². The topological polar surface area (TPSA) is 13.1 Å². The van der Waals surface area contributed by atoms with Crippen molar-refractivity contribution in [3.8, 4) is 22.3 Å². The van der Waals surface area contributed by atoms with E-state index in [1.165, 1.54) is 0 Å². The maximum Gasteiger partial charge on any atom is 0.136 e. The lowest BCUT2D eigenvalue weighted by Crippen LogP contribution is -1.91. The van der Waals surface area contributed by atoms with Gasteiger partial charge in [0.25, 0.3) is 0 Å². The van der Waals surface area contributed by atoms with Gasteiger partial charge in [-0.25, -0.2) is 0 Å². The Balaban J connectivity index is 1.42. The summed E-state index contributed by atoms with van der Waals surface area (Å²) in [6.45, 7) is 0. The van der Waals surface area contributed by atoms with Gasteiger partial charge in [0, 0.05) is 10.8 Å². The highest BCUT2D eigenvalue weighted by atomic mass is 16.3. The van der Waals surface area contributed by atoms with E-state index < -0.39 is 24.2 Å². The van der Waals surface area contributed by atoms with Crippen LogP contribution in [0.15, 0.2) is 162 Å². The molecular formula is C44H26O. The van der Waals surface area contributed by atoms with Crippen LogP contribution < -0.4 is 0 Å². The molecule has 0 N–H and O–H groups in total. The first-order valence-corrected chi connectivity index (χ1v) is 14.9. The lowest BCUT2D eigenvalue weighted by atomic mass is 9.84. The first kappa shape index (κ1) is 18.0. The molecular weight excluding hydrogens is 544 g/mol. The number of hydrogen-bond donors (Lipinski definition) is 0. The van der Waals surface area contributed by atoms with E-state index >= 15 is 0 Å². The lowest BCUT2D eigenvalue weighted by Gasteiger charge is -2.19. The Kier molecular flexibility index (Phi) is 3.72. The Labute approximate surface area is 270 Å². The van der Waals surface area contributed by atoms with E-state index in [0.29, 0.717) is 27.9 Å². The molecule has 0 unspecified atom stereocenters. The minimum absolute atomic E-state index is 0.169. The van der Waals surface area contributed by atoms with E-state index in [2.05, 4.69) is 6.07 Å². The van der Waals surface area contributed by atoms with Gasteiger partial charge in [0.15, 0.2) is 0 Å². The van der Waals surface area contributed by atoms with E-state index in [4.69, 9.17) is 9.90 Å². The fourth-order valence-corrected chi connectivity index (χ4v) is 7.06. The maximum atomic E-state index is 9.38. The van der Waals surface area contributed by atoms with Crippen LogP contribution in [0, 0.1) is 0 Å². The molecule has 1 heteroatoms. The number of hydrogen-bond acceptors (Lipinski definition) is 1. The highest BCUT2D eigenvalue weighted by Crippen LogP contribution is 2.46. The van der Waals surface area contributed by atoms with E-state index in [9.17, 15) is 5.48 Å². The van der Waals surface area contributed by atoms with Gasteiger partial charge in [-0.1, -0.05) is 133 Å². The molecule has 0 saturated heterocycles. The predicted octanol–water partition coefficient (Wildman–Crippen LogP) is 12.7. The van der Waals surface area contributed by atoms with Crippen molar-refractivity contribution in [2.45, 2.75) is 0 Å². The van der Waals surface area contributed by atoms with Crippen LogP contribution >= 0.6 is 0 Å². The van der Waals surface area contributed by atoms with Crippen LogP contribution in [0.4, 0.5) is 0 Å². The molecule has 0 aliphatic rings. The summed E-state index contributed by atoms with van der Waals surface area (Å²) in [4.78, 5) is 0. The largest absolute Gasteiger partial charge is 0.456 e. The number of fused-ring (bicyclic) bond motifs is 9. The summed E-state index contributed by atoms with van der Waals surface area (Å²) < 4.78 is 79.2. The molecule has 0 saturated carbocycles. The average Bonchev–Trinajstić information content (AvgIpc) is 3.54. The van der Waals surface area contributed by atoms with Gasteiger partial charge in [-0.2, -0.15) is 0 Å². The molecule has 0 atom stereocenters. The van der Waals surface area contributed by atoms with Gasteiger partial charge in [0.05, 0.1) is 11.0 Å². The third-order valence-electron chi connectivity index (χ3n) is 9.06. The first-order chi connectivity index (χ1) is 25.6. The van der Waals surface area contributed by atoms with Crippen LogP contribution in [-0.4, -0.2) is 0 Å². The van der Waals surface area contributed by atoms with Gasteiger partial charge in [-0.05, 0) is 100 Å². The molecule has 0 bridgehead atoms. The SMILES string of the molecule is [2H]c1c([2H])c([2H])c2c(-c3cccc4c3ccc3ccccc34)c3c([2H])c([2H])c([2H])c([2H])c3c(-c3ccc4c(c3)oc3cc5ccccc5cc34)c2c1[2H]. The molecule has 9 aromatic carbocycles. The molecule has 0 fully saturated rings. The molecule has 10 aromatic rings. The van der Waals surface area contributed by atoms with Crippen molar-refractivity contribution in [1.29, 1.82) is 0 Å². The average molecular weight is 579 g/mol. The molecule has 0 spiro atoms. The quantitative estimate of drug-likeness (QED) is 0.147. The van der Waals surface area contributed by atoms with Gasteiger partial charge in [-0.3, -0.25) is 0 Å². The first-order valence-electron chi connectivity index (χ1n) is 18.9. The Morgan fingerprint density at radius 3 is 1.73 bits per heavy atom. The zero-order chi connectivity index (χ0) is 36.4. The Morgan fingerprint density at radius 1 is 0.378 bits per heavy atom. The summed E-state index contributed by atoms with van der Waals surface area (Å²) in [5.41, 5.74) is 2.95. The van der Waals surface area contributed by atoms with Crippen LogP contribution in [0.3, 0.4) is 0 Å². The van der Waals surface area contributed by atoms with E-state index in [1.807, 2.05) is 97.1 Å². The Morgan fingerprint density at radius 2 is 0.978 bits per heavy atom. The fourth-order valence-electron chi connectivity index (χ4n) is 7.06. The van der Waals surface area contributed by atoms with Gasteiger partial charge >= 0.3 is 0 Å². The molecule has 10 rings (SSSR count).